The summed E-state index contributed by atoms with van der Waals surface area (Å²) in [6.07, 6.45) is 1.59. The topological polar surface area (TPSA) is 89.5 Å². The largest absolute Gasteiger partial charge is 0.468 e. The van der Waals surface area contributed by atoms with E-state index in [1.165, 1.54) is 25.0 Å². The van der Waals surface area contributed by atoms with Gasteiger partial charge >= 0.3 is 11.9 Å². The second kappa shape index (κ2) is 17.6. The molecule has 0 radical (unpaired) electrons. The lowest BCUT2D eigenvalue weighted by Gasteiger charge is -2.21. The molecule has 0 amide bonds. The highest BCUT2D eigenvalue weighted by atomic mass is 16.7. The fraction of sp³-hybridized carbons (Fsp3) is 0.297. The van der Waals surface area contributed by atoms with Gasteiger partial charge in [-0.1, -0.05) is 84.9 Å². The molecule has 0 fully saturated rings. The van der Waals surface area contributed by atoms with E-state index in [1.54, 1.807) is 36.4 Å². The Morgan fingerprint density at radius 2 is 0.933 bits per heavy atom. The van der Waals surface area contributed by atoms with Gasteiger partial charge in [0.15, 0.2) is 19.0 Å². The Morgan fingerprint density at radius 1 is 0.533 bits per heavy atom. The number of carbonyl (C=O) groups excluding carboxylic acids is 2. The van der Waals surface area contributed by atoms with Crippen molar-refractivity contribution in [2.24, 2.45) is 5.41 Å². The van der Waals surface area contributed by atoms with E-state index in [4.69, 9.17) is 28.4 Å². The van der Waals surface area contributed by atoms with E-state index in [2.05, 4.69) is 24.3 Å². The molecule has 236 valence electrons. The van der Waals surface area contributed by atoms with Gasteiger partial charge in [-0.25, -0.2) is 0 Å². The van der Waals surface area contributed by atoms with Crippen molar-refractivity contribution in [3.63, 3.8) is 0 Å². The molecule has 0 heterocycles. The van der Waals surface area contributed by atoms with Crippen LogP contribution in [0, 0.1) is 5.41 Å². The number of carbonyl (C=O) groups is 2. The minimum Gasteiger partial charge on any atom is -0.468 e. The van der Waals surface area contributed by atoms with Gasteiger partial charge in [0.1, 0.15) is 24.7 Å². The van der Waals surface area contributed by atoms with E-state index in [-0.39, 0.29) is 26.8 Å². The Kier molecular flexibility index (Phi) is 13.0. The lowest BCUT2D eigenvalue weighted by atomic mass is 9.94. The molecule has 0 aliphatic heterocycles. The first-order chi connectivity index (χ1) is 21.9. The normalized spacial score (nSPS) is 11.1. The van der Waals surface area contributed by atoms with Crippen LogP contribution in [-0.4, -0.2) is 38.7 Å². The van der Waals surface area contributed by atoms with Crippen molar-refractivity contribution in [3.05, 3.63) is 131 Å². The van der Waals surface area contributed by atoms with E-state index in [9.17, 15) is 9.59 Å². The average Bonchev–Trinajstić information content (AvgIpc) is 3.07. The summed E-state index contributed by atoms with van der Waals surface area (Å²) >= 11 is 0. The maximum atomic E-state index is 12.8. The molecule has 4 aromatic rings. The van der Waals surface area contributed by atoms with Crippen LogP contribution < -0.4 is 9.47 Å². The molecule has 0 atom stereocenters. The second-order valence-corrected chi connectivity index (χ2v) is 10.9. The van der Waals surface area contributed by atoms with Gasteiger partial charge in [-0.3, -0.25) is 9.59 Å². The maximum Gasteiger partial charge on any atom is 0.323 e. The lowest BCUT2D eigenvalue weighted by molar-refractivity contribution is -0.171. The van der Waals surface area contributed by atoms with E-state index in [1.807, 2.05) is 48.5 Å². The van der Waals surface area contributed by atoms with Crippen LogP contribution in [0.15, 0.2) is 109 Å². The molecule has 0 saturated carbocycles. The molecular formula is C37H40O8. The minimum atomic E-state index is -1.50. The highest BCUT2D eigenvalue weighted by Crippen LogP contribution is 2.23. The van der Waals surface area contributed by atoms with Crippen LogP contribution in [0.5, 0.6) is 11.5 Å². The molecule has 4 rings (SSSR count). The van der Waals surface area contributed by atoms with Gasteiger partial charge in [0, 0.05) is 0 Å². The molecule has 8 heteroatoms. The molecule has 0 spiro atoms. The first-order valence-corrected chi connectivity index (χ1v) is 14.9. The summed E-state index contributed by atoms with van der Waals surface area (Å²) in [5.41, 5.74) is 2.33. The Balaban J connectivity index is 1.15. The van der Waals surface area contributed by atoms with E-state index >= 15 is 0 Å². The van der Waals surface area contributed by atoms with Crippen molar-refractivity contribution < 1.29 is 38.0 Å². The molecule has 0 aromatic heterocycles. The maximum absolute atomic E-state index is 12.8. The average molecular weight is 613 g/mol. The molecule has 0 saturated heterocycles. The fourth-order valence-electron chi connectivity index (χ4n) is 4.20. The van der Waals surface area contributed by atoms with E-state index in [0.29, 0.717) is 24.7 Å². The third-order valence-corrected chi connectivity index (χ3v) is 6.93. The monoisotopic (exact) mass is 612 g/mol. The third kappa shape index (κ3) is 11.4. The van der Waals surface area contributed by atoms with Crippen molar-refractivity contribution in [1.29, 1.82) is 0 Å². The van der Waals surface area contributed by atoms with Crippen LogP contribution in [0.25, 0.3) is 0 Å². The number of esters is 2. The molecule has 0 bridgehead atoms. The van der Waals surface area contributed by atoms with Gasteiger partial charge in [0.05, 0.1) is 13.2 Å². The van der Waals surface area contributed by atoms with Crippen molar-refractivity contribution in [1.82, 2.24) is 0 Å². The van der Waals surface area contributed by atoms with Gasteiger partial charge in [-0.05, 0) is 73.2 Å². The Morgan fingerprint density at radius 3 is 1.36 bits per heavy atom. The van der Waals surface area contributed by atoms with Gasteiger partial charge in [0.25, 0.3) is 0 Å². The van der Waals surface area contributed by atoms with E-state index < -0.39 is 17.4 Å². The Labute approximate surface area is 264 Å². The summed E-state index contributed by atoms with van der Waals surface area (Å²) in [4.78, 5) is 25.7. The molecule has 0 N–H and O–H groups in total. The summed E-state index contributed by atoms with van der Waals surface area (Å²) in [6, 6.07) is 34.5. The number of hydrogen-bond donors (Lipinski definition) is 0. The van der Waals surface area contributed by atoms with Crippen LogP contribution in [0.4, 0.5) is 0 Å². The molecule has 4 aromatic carbocycles. The van der Waals surface area contributed by atoms with Gasteiger partial charge < -0.3 is 28.4 Å². The van der Waals surface area contributed by atoms with Crippen LogP contribution in [0.2, 0.25) is 0 Å². The zero-order valence-corrected chi connectivity index (χ0v) is 25.8. The number of benzene rings is 4. The third-order valence-electron chi connectivity index (χ3n) is 6.93. The summed E-state index contributed by atoms with van der Waals surface area (Å²) in [5, 5.41) is 0. The predicted molar refractivity (Wildman–Crippen MR) is 169 cm³/mol. The Bertz CT molecular complexity index is 1360. The molecule has 0 aliphatic carbocycles. The SMILES string of the molecule is CC(C)(C(=O)OCc1cccc(OCOCCc2ccccc2)c1)C(=O)OCc1cccc(OCOCCc2ccccc2)c1. The number of hydrogen-bond acceptors (Lipinski definition) is 8. The molecule has 8 nitrogen and oxygen atoms in total. The molecule has 45 heavy (non-hydrogen) atoms. The summed E-state index contributed by atoms with van der Waals surface area (Å²) < 4.78 is 33.4. The van der Waals surface area contributed by atoms with Gasteiger partial charge in [-0.15, -0.1) is 0 Å². The fourth-order valence-corrected chi connectivity index (χ4v) is 4.20. The van der Waals surface area contributed by atoms with Crippen molar-refractivity contribution >= 4 is 11.9 Å². The van der Waals surface area contributed by atoms with Crippen LogP contribution in [-0.2, 0) is 54.6 Å². The quantitative estimate of drug-likeness (QED) is 0.0532. The Hall–Kier alpha value is -4.66. The second-order valence-electron chi connectivity index (χ2n) is 10.9. The van der Waals surface area contributed by atoms with Crippen molar-refractivity contribution in [3.8, 4) is 11.5 Å². The molecule has 0 aliphatic rings. The smallest absolute Gasteiger partial charge is 0.323 e. The van der Waals surface area contributed by atoms with Crippen LogP contribution in [0.3, 0.4) is 0 Å². The lowest BCUT2D eigenvalue weighted by Crippen LogP contribution is -2.36. The minimum absolute atomic E-state index is 0.0194. The highest BCUT2D eigenvalue weighted by Gasteiger charge is 2.39. The van der Waals surface area contributed by atoms with Gasteiger partial charge in [0.2, 0.25) is 0 Å². The van der Waals surface area contributed by atoms with Gasteiger partial charge in [-0.2, -0.15) is 0 Å². The number of rotatable bonds is 18. The molecular weight excluding hydrogens is 572 g/mol. The van der Waals surface area contributed by atoms with Crippen molar-refractivity contribution in [2.75, 3.05) is 26.8 Å². The highest BCUT2D eigenvalue weighted by molar-refractivity contribution is 5.99. The standard InChI is InChI=1S/C37H40O8/c1-37(2,35(38)42-25-31-15-9-17-33(23-31)44-27-40-21-19-29-11-5-3-6-12-29)36(39)43-26-32-16-10-18-34(24-32)45-28-41-22-20-30-13-7-4-8-14-30/h3-18,23-24H,19-22,25-28H2,1-2H3. The summed E-state index contributed by atoms with van der Waals surface area (Å²) in [6.45, 7) is 4.21. The first-order valence-electron chi connectivity index (χ1n) is 14.9. The number of ether oxygens (including phenoxy) is 6. The summed E-state index contributed by atoms with van der Waals surface area (Å²) in [7, 11) is 0. The first kappa shape index (κ1) is 33.2. The van der Waals surface area contributed by atoms with E-state index in [0.717, 1.165) is 24.0 Å². The van der Waals surface area contributed by atoms with Crippen molar-refractivity contribution in [2.45, 2.75) is 39.9 Å². The van der Waals surface area contributed by atoms with Crippen LogP contribution in [0.1, 0.15) is 36.1 Å². The predicted octanol–water partition coefficient (Wildman–Crippen LogP) is 6.69. The zero-order valence-electron chi connectivity index (χ0n) is 25.8. The molecule has 0 unspecified atom stereocenters. The summed E-state index contributed by atoms with van der Waals surface area (Å²) in [5.74, 6) is -0.195. The van der Waals surface area contributed by atoms with Crippen LogP contribution >= 0.6 is 0 Å². The zero-order chi connectivity index (χ0) is 31.7.